The van der Waals surface area contributed by atoms with Gasteiger partial charge in [0, 0.05) is 12.5 Å². The second-order valence-corrected chi connectivity index (χ2v) is 10.2. The van der Waals surface area contributed by atoms with Gasteiger partial charge in [-0.1, -0.05) is 69.3 Å². The summed E-state index contributed by atoms with van der Waals surface area (Å²) in [5, 5.41) is 12.3. The Balaban J connectivity index is 1.47. The van der Waals surface area contributed by atoms with Crippen molar-refractivity contribution in [2.75, 3.05) is 13.2 Å². The fourth-order valence-corrected chi connectivity index (χ4v) is 5.02. The molecule has 1 aliphatic carbocycles. The lowest BCUT2D eigenvalue weighted by atomic mass is 9.85. The Morgan fingerprint density at radius 2 is 1.62 bits per heavy atom. The molecule has 2 N–H and O–H groups in total. The maximum Gasteiger partial charge on any atom is 0.407 e. The Bertz CT molecular complexity index is 1040. The van der Waals surface area contributed by atoms with E-state index in [1.807, 2.05) is 57.2 Å². The first kappa shape index (κ1) is 23.8. The van der Waals surface area contributed by atoms with Gasteiger partial charge in [-0.15, -0.1) is 0 Å². The standard InChI is InChI=1S/C27H32N2O5/c1-27(2,3)23(24(30)29-15-9-8-14-22(29)25(31)32)28-26(33)34-16-21-19-12-6-4-10-17(19)18-11-5-7-13-20(18)21/h4-7,10-13,21-23H,8-9,14-16H2,1-3H3,(H,28,33)(H,31,32). The number of hydrogen-bond acceptors (Lipinski definition) is 4. The molecular weight excluding hydrogens is 432 g/mol. The molecule has 2 aromatic rings. The number of likely N-dealkylation sites (tertiary alicyclic amines) is 1. The van der Waals surface area contributed by atoms with Crippen LogP contribution in [0.1, 0.15) is 57.1 Å². The number of benzene rings is 2. The first-order valence-corrected chi connectivity index (χ1v) is 11.8. The molecule has 2 amide bonds. The zero-order valence-electron chi connectivity index (χ0n) is 19.9. The number of amides is 2. The minimum absolute atomic E-state index is 0.0829. The van der Waals surface area contributed by atoms with E-state index in [1.54, 1.807) is 0 Å². The molecule has 1 saturated heterocycles. The van der Waals surface area contributed by atoms with E-state index in [0.717, 1.165) is 35.1 Å². The van der Waals surface area contributed by atoms with E-state index in [2.05, 4.69) is 17.4 Å². The molecule has 0 radical (unpaired) electrons. The third kappa shape index (κ3) is 4.65. The van der Waals surface area contributed by atoms with E-state index in [9.17, 15) is 19.5 Å². The van der Waals surface area contributed by atoms with Gasteiger partial charge in [0.1, 0.15) is 18.7 Å². The maximum absolute atomic E-state index is 13.4. The van der Waals surface area contributed by atoms with Gasteiger partial charge in [0.25, 0.3) is 0 Å². The SMILES string of the molecule is CC(C)(C)C(NC(=O)OCC1c2ccccc2-c2ccccc21)C(=O)N1CCCCC1C(=O)O. The monoisotopic (exact) mass is 464 g/mol. The Kier molecular flexibility index (Phi) is 6.64. The summed E-state index contributed by atoms with van der Waals surface area (Å²) in [6, 6.07) is 14.4. The van der Waals surface area contributed by atoms with Gasteiger partial charge in [-0.05, 0) is 46.9 Å². The molecule has 7 heteroatoms. The number of nitrogens with one attached hydrogen (secondary N) is 1. The molecule has 0 saturated carbocycles. The van der Waals surface area contributed by atoms with Crippen molar-refractivity contribution in [1.29, 1.82) is 0 Å². The van der Waals surface area contributed by atoms with Crippen LogP contribution in [-0.4, -0.2) is 53.2 Å². The molecule has 1 aliphatic heterocycles. The van der Waals surface area contributed by atoms with E-state index in [-0.39, 0.29) is 18.4 Å². The third-order valence-electron chi connectivity index (χ3n) is 6.79. The highest BCUT2D eigenvalue weighted by Crippen LogP contribution is 2.44. The van der Waals surface area contributed by atoms with Crippen molar-refractivity contribution in [3.8, 4) is 11.1 Å². The summed E-state index contributed by atoms with van der Waals surface area (Å²) in [4.78, 5) is 39.3. The predicted octanol–water partition coefficient (Wildman–Crippen LogP) is 4.41. The van der Waals surface area contributed by atoms with E-state index < -0.39 is 29.6 Å². The van der Waals surface area contributed by atoms with Gasteiger partial charge < -0.3 is 20.1 Å². The van der Waals surface area contributed by atoms with Gasteiger partial charge in [0.15, 0.2) is 0 Å². The Morgan fingerprint density at radius 1 is 1.03 bits per heavy atom. The number of ether oxygens (including phenoxy) is 1. The summed E-state index contributed by atoms with van der Waals surface area (Å²) in [6.07, 6.45) is 1.25. The molecule has 180 valence electrons. The lowest BCUT2D eigenvalue weighted by molar-refractivity contribution is -0.154. The normalized spacial score (nSPS) is 18.6. The highest BCUT2D eigenvalue weighted by molar-refractivity contribution is 5.90. The number of fused-ring (bicyclic) bond motifs is 3. The summed E-state index contributed by atoms with van der Waals surface area (Å²) in [6.45, 7) is 6.05. The number of piperidine rings is 1. The topological polar surface area (TPSA) is 95.9 Å². The molecule has 0 aromatic heterocycles. The number of carbonyl (C=O) groups is 3. The second kappa shape index (κ2) is 9.49. The lowest BCUT2D eigenvalue weighted by Crippen LogP contribution is -2.59. The van der Waals surface area contributed by atoms with Crippen molar-refractivity contribution < 1.29 is 24.2 Å². The molecule has 2 aromatic carbocycles. The summed E-state index contributed by atoms with van der Waals surface area (Å²) in [5.41, 5.74) is 3.87. The summed E-state index contributed by atoms with van der Waals surface area (Å²) in [7, 11) is 0. The van der Waals surface area contributed by atoms with Crippen molar-refractivity contribution in [2.45, 2.75) is 58.0 Å². The van der Waals surface area contributed by atoms with E-state index >= 15 is 0 Å². The van der Waals surface area contributed by atoms with Crippen LogP contribution in [-0.2, 0) is 14.3 Å². The number of alkyl carbamates (subject to hydrolysis) is 1. The van der Waals surface area contributed by atoms with Crippen LogP contribution >= 0.6 is 0 Å². The smallest absolute Gasteiger partial charge is 0.407 e. The largest absolute Gasteiger partial charge is 0.480 e. The number of carbonyl (C=O) groups excluding carboxylic acids is 2. The van der Waals surface area contributed by atoms with Crippen LogP contribution in [0.5, 0.6) is 0 Å². The zero-order valence-corrected chi connectivity index (χ0v) is 19.9. The summed E-state index contributed by atoms with van der Waals surface area (Å²) < 4.78 is 5.64. The van der Waals surface area contributed by atoms with E-state index in [1.165, 1.54) is 4.90 Å². The van der Waals surface area contributed by atoms with Gasteiger partial charge in [-0.2, -0.15) is 0 Å². The highest BCUT2D eigenvalue weighted by Gasteiger charge is 2.41. The molecule has 4 rings (SSSR count). The molecule has 0 spiro atoms. The van der Waals surface area contributed by atoms with Crippen molar-refractivity contribution >= 4 is 18.0 Å². The number of rotatable bonds is 5. The van der Waals surface area contributed by atoms with Crippen molar-refractivity contribution in [3.63, 3.8) is 0 Å². The Hall–Kier alpha value is -3.35. The van der Waals surface area contributed by atoms with Crippen LogP contribution < -0.4 is 5.32 Å². The Morgan fingerprint density at radius 3 is 2.18 bits per heavy atom. The van der Waals surface area contributed by atoms with E-state index in [0.29, 0.717) is 13.0 Å². The van der Waals surface area contributed by atoms with Crippen LogP contribution in [0.15, 0.2) is 48.5 Å². The van der Waals surface area contributed by atoms with Crippen LogP contribution in [0.2, 0.25) is 0 Å². The van der Waals surface area contributed by atoms with Gasteiger partial charge in [0.2, 0.25) is 5.91 Å². The van der Waals surface area contributed by atoms with Crippen LogP contribution in [0, 0.1) is 5.41 Å². The number of hydrogen-bond donors (Lipinski definition) is 2. The average molecular weight is 465 g/mol. The number of carboxylic acid groups (broad SMARTS) is 1. The molecule has 34 heavy (non-hydrogen) atoms. The molecule has 7 nitrogen and oxygen atoms in total. The quantitative estimate of drug-likeness (QED) is 0.684. The Labute approximate surface area is 200 Å². The fourth-order valence-electron chi connectivity index (χ4n) is 5.02. The molecule has 1 heterocycles. The van der Waals surface area contributed by atoms with Crippen LogP contribution in [0.25, 0.3) is 11.1 Å². The second-order valence-electron chi connectivity index (χ2n) is 10.2. The van der Waals surface area contributed by atoms with Gasteiger partial charge >= 0.3 is 12.1 Å². The zero-order chi connectivity index (χ0) is 24.5. The fraction of sp³-hybridized carbons (Fsp3) is 0.444. The van der Waals surface area contributed by atoms with Crippen LogP contribution in [0.3, 0.4) is 0 Å². The van der Waals surface area contributed by atoms with Gasteiger partial charge in [-0.25, -0.2) is 9.59 Å². The predicted molar refractivity (Wildman–Crippen MR) is 128 cm³/mol. The van der Waals surface area contributed by atoms with E-state index in [4.69, 9.17) is 4.74 Å². The van der Waals surface area contributed by atoms with Crippen molar-refractivity contribution in [3.05, 3.63) is 59.7 Å². The first-order valence-electron chi connectivity index (χ1n) is 11.8. The number of nitrogens with zero attached hydrogens (tertiary/aromatic N) is 1. The lowest BCUT2D eigenvalue weighted by Gasteiger charge is -2.39. The molecule has 1 fully saturated rings. The third-order valence-corrected chi connectivity index (χ3v) is 6.79. The molecule has 2 aliphatic rings. The number of carboxylic acids is 1. The maximum atomic E-state index is 13.4. The molecule has 2 atom stereocenters. The number of aliphatic carboxylic acids is 1. The van der Waals surface area contributed by atoms with Crippen LogP contribution in [0.4, 0.5) is 4.79 Å². The highest BCUT2D eigenvalue weighted by atomic mass is 16.5. The summed E-state index contributed by atoms with van der Waals surface area (Å²) >= 11 is 0. The van der Waals surface area contributed by atoms with Crippen molar-refractivity contribution in [1.82, 2.24) is 10.2 Å². The minimum atomic E-state index is -1.01. The first-order chi connectivity index (χ1) is 16.2. The average Bonchev–Trinajstić information content (AvgIpc) is 3.14. The molecule has 2 unspecified atom stereocenters. The summed E-state index contributed by atoms with van der Waals surface area (Å²) in [5.74, 6) is -1.48. The molecular formula is C27H32N2O5. The van der Waals surface area contributed by atoms with Gasteiger partial charge in [-0.3, -0.25) is 4.79 Å². The molecule has 0 bridgehead atoms. The van der Waals surface area contributed by atoms with Crippen molar-refractivity contribution in [2.24, 2.45) is 5.41 Å². The minimum Gasteiger partial charge on any atom is -0.480 e. The van der Waals surface area contributed by atoms with Gasteiger partial charge in [0.05, 0.1) is 0 Å².